The van der Waals surface area contributed by atoms with Gasteiger partial charge in [-0.1, -0.05) is 17.3 Å². The van der Waals surface area contributed by atoms with Crippen molar-refractivity contribution in [2.24, 2.45) is 5.92 Å². The molecule has 1 aromatic carbocycles. The van der Waals surface area contributed by atoms with Crippen molar-refractivity contribution in [3.63, 3.8) is 0 Å². The molecule has 1 saturated heterocycles. The Balaban J connectivity index is 1.69. The van der Waals surface area contributed by atoms with E-state index in [2.05, 4.69) is 10.5 Å². The van der Waals surface area contributed by atoms with Crippen molar-refractivity contribution < 1.29 is 14.1 Å². The number of likely N-dealkylation sites (tertiary alicyclic amines) is 1. The van der Waals surface area contributed by atoms with Crippen LogP contribution in [0.4, 0.5) is 0 Å². The molecule has 7 heteroatoms. The smallest absolute Gasteiger partial charge is 0.255 e. The number of aromatic nitrogens is 1. The predicted octanol–water partition coefficient (Wildman–Crippen LogP) is 3.26. The molecule has 0 radical (unpaired) electrons. The number of nitrogens with one attached hydrogen (secondary N) is 1. The summed E-state index contributed by atoms with van der Waals surface area (Å²) in [6.07, 6.45) is 1.68. The van der Waals surface area contributed by atoms with Crippen LogP contribution in [-0.4, -0.2) is 41.5 Å². The van der Waals surface area contributed by atoms with Crippen LogP contribution in [0.1, 0.15) is 41.6 Å². The van der Waals surface area contributed by atoms with Gasteiger partial charge in [0.05, 0.1) is 22.9 Å². The van der Waals surface area contributed by atoms with E-state index >= 15 is 0 Å². The Kier molecular flexibility index (Phi) is 6.55. The second kappa shape index (κ2) is 9.08. The second-order valence-corrected chi connectivity index (χ2v) is 7.72. The Morgan fingerprint density at radius 1 is 1.37 bits per heavy atom. The van der Waals surface area contributed by atoms with Gasteiger partial charge in [0.2, 0.25) is 5.91 Å². The summed E-state index contributed by atoms with van der Waals surface area (Å²) in [7, 11) is 0. The number of hydrogen-bond donors (Lipinski definition) is 1. The molecular formula is C20H25N3O3S. The molecule has 2 heterocycles. The highest BCUT2D eigenvalue weighted by Gasteiger charge is 2.29. The van der Waals surface area contributed by atoms with Gasteiger partial charge in [0.1, 0.15) is 5.76 Å². The molecule has 1 aliphatic rings. The van der Waals surface area contributed by atoms with Crippen LogP contribution in [-0.2, 0) is 10.5 Å². The van der Waals surface area contributed by atoms with E-state index in [4.69, 9.17) is 4.52 Å². The average Bonchev–Trinajstić information content (AvgIpc) is 3.11. The van der Waals surface area contributed by atoms with E-state index in [0.29, 0.717) is 31.0 Å². The number of carbonyl (C=O) groups is 2. The standard InChI is InChI=1S/C20H25N3O3S/c1-3-21-19(24)15-7-6-10-23(12-15)20(25)17-8-4-5-9-18(17)27-13-16-11-14(2)22-26-16/h4-5,8-9,11,15H,3,6-7,10,12-13H2,1-2H3,(H,21,24). The molecule has 0 aliphatic carbocycles. The van der Waals surface area contributed by atoms with Crippen LogP contribution in [0, 0.1) is 12.8 Å². The van der Waals surface area contributed by atoms with Crippen molar-refractivity contribution in [1.29, 1.82) is 0 Å². The molecule has 1 atom stereocenters. The van der Waals surface area contributed by atoms with Crippen molar-refractivity contribution in [2.75, 3.05) is 19.6 Å². The average molecular weight is 388 g/mol. The number of piperidine rings is 1. The van der Waals surface area contributed by atoms with Gasteiger partial charge >= 0.3 is 0 Å². The molecule has 2 amide bonds. The molecule has 1 aromatic heterocycles. The van der Waals surface area contributed by atoms with E-state index in [0.717, 1.165) is 29.2 Å². The van der Waals surface area contributed by atoms with E-state index in [-0.39, 0.29) is 17.7 Å². The summed E-state index contributed by atoms with van der Waals surface area (Å²) >= 11 is 1.56. The first-order valence-corrected chi connectivity index (χ1v) is 10.3. The van der Waals surface area contributed by atoms with Crippen LogP contribution >= 0.6 is 11.8 Å². The minimum Gasteiger partial charge on any atom is -0.360 e. The summed E-state index contributed by atoms with van der Waals surface area (Å²) in [5.74, 6) is 1.31. The quantitative estimate of drug-likeness (QED) is 0.770. The normalized spacial score (nSPS) is 17.0. The number of carbonyl (C=O) groups excluding carboxylic acids is 2. The SMILES string of the molecule is CCNC(=O)C1CCCN(C(=O)c2ccccc2SCc2cc(C)no2)C1. The van der Waals surface area contributed by atoms with Gasteiger partial charge in [-0.2, -0.15) is 0 Å². The molecule has 0 bridgehead atoms. The largest absolute Gasteiger partial charge is 0.360 e. The lowest BCUT2D eigenvalue weighted by atomic mass is 9.96. The van der Waals surface area contributed by atoms with Crippen molar-refractivity contribution in [3.8, 4) is 0 Å². The third kappa shape index (κ3) is 4.91. The Bertz CT molecular complexity index is 805. The van der Waals surface area contributed by atoms with Gasteiger partial charge in [-0.25, -0.2) is 0 Å². The first kappa shape index (κ1) is 19.5. The van der Waals surface area contributed by atoms with Gasteiger partial charge in [0.25, 0.3) is 5.91 Å². The molecule has 3 rings (SSSR count). The Morgan fingerprint density at radius 2 is 2.19 bits per heavy atom. The van der Waals surface area contributed by atoms with E-state index in [1.807, 2.05) is 44.2 Å². The summed E-state index contributed by atoms with van der Waals surface area (Å²) in [6.45, 7) is 5.58. The van der Waals surface area contributed by atoms with Crippen LogP contribution in [0.15, 0.2) is 39.8 Å². The van der Waals surface area contributed by atoms with Gasteiger partial charge < -0.3 is 14.7 Å². The lowest BCUT2D eigenvalue weighted by Gasteiger charge is -2.32. The Morgan fingerprint density at radius 3 is 2.93 bits per heavy atom. The maximum atomic E-state index is 13.1. The maximum absolute atomic E-state index is 13.1. The Labute approximate surface area is 163 Å². The predicted molar refractivity (Wildman–Crippen MR) is 105 cm³/mol. The van der Waals surface area contributed by atoms with E-state index < -0.39 is 0 Å². The van der Waals surface area contributed by atoms with Gasteiger partial charge in [-0.3, -0.25) is 9.59 Å². The van der Waals surface area contributed by atoms with E-state index in [1.54, 1.807) is 16.7 Å². The fraction of sp³-hybridized carbons (Fsp3) is 0.450. The summed E-state index contributed by atoms with van der Waals surface area (Å²) in [4.78, 5) is 28.0. The number of amides is 2. The molecule has 1 unspecified atom stereocenters. The van der Waals surface area contributed by atoms with E-state index in [9.17, 15) is 9.59 Å². The zero-order chi connectivity index (χ0) is 19.2. The number of aryl methyl sites for hydroxylation is 1. The zero-order valence-electron chi connectivity index (χ0n) is 15.7. The highest BCUT2D eigenvalue weighted by Crippen LogP contribution is 2.28. The molecule has 1 fully saturated rings. The molecule has 144 valence electrons. The molecule has 1 N–H and O–H groups in total. The van der Waals surface area contributed by atoms with Gasteiger partial charge in [0.15, 0.2) is 0 Å². The first-order chi connectivity index (χ1) is 13.1. The van der Waals surface area contributed by atoms with Crippen molar-refractivity contribution in [2.45, 2.75) is 37.3 Å². The van der Waals surface area contributed by atoms with Crippen LogP contribution in [0.5, 0.6) is 0 Å². The number of thioether (sulfide) groups is 1. The molecule has 1 aliphatic heterocycles. The zero-order valence-corrected chi connectivity index (χ0v) is 16.6. The number of benzene rings is 1. The minimum atomic E-state index is -0.125. The lowest BCUT2D eigenvalue weighted by molar-refractivity contribution is -0.126. The number of nitrogens with zero attached hydrogens (tertiary/aromatic N) is 2. The third-order valence-electron chi connectivity index (χ3n) is 4.59. The van der Waals surface area contributed by atoms with Gasteiger partial charge in [0, 0.05) is 30.6 Å². The highest BCUT2D eigenvalue weighted by atomic mass is 32.2. The summed E-state index contributed by atoms with van der Waals surface area (Å²) in [6, 6.07) is 9.51. The summed E-state index contributed by atoms with van der Waals surface area (Å²) in [5, 5.41) is 6.77. The minimum absolute atomic E-state index is 0.0131. The molecule has 27 heavy (non-hydrogen) atoms. The maximum Gasteiger partial charge on any atom is 0.255 e. The van der Waals surface area contributed by atoms with E-state index in [1.165, 1.54) is 0 Å². The third-order valence-corrected chi connectivity index (χ3v) is 5.69. The molecule has 6 nitrogen and oxygen atoms in total. The first-order valence-electron chi connectivity index (χ1n) is 9.29. The summed E-state index contributed by atoms with van der Waals surface area (Å²) < 4.78 is 5.26. The van der Waals surface area contributed by atoms with Crippen LogP contribution < -0.4 is 5.32 Å². The van der Waals surface area contributed by atoms with Gasteiger partial charge in [-0.15, -0.1) is 11.8 Å². The number of hydrogen-bond acceptors (Lipinski definition) is 5. The second-order valence-electron chi connectivity index (χ2n) is 6.70. The van der Waals surface area contributed by atoms with Crippen molar-refractivity contribution >= 4 is 23.6 Å². The monoisotopic (exact) mass is 387 g/mol. The molecule has 2 aromatic rings. The lowest BCUT2D eigenvalue weighted by Crippen LogP contribution is -2.45. The molecule has 0 spiro atoms. The number of rotatable bonds is 6. The molecular weight excluding hydrogens is 362 g/mol. The van der Waals surface area contributed by atoms with Crippen LogP contribution in [0.3, 0.4) is 0 Å². The topological polar surface area (TPSA) is 75.4 Å². The fourth-order valence-electron chi connectivity index (χ4n) is 3.27. The van der Waals surface area contributed by atoms with Crippen molar-refractivity contribution in [3.05, 3.63) is 47.3 Å². The van der Waals surface area contributed by atoms with Crippen LogP contribution in [0.25, 0.3) is 0 Å². The Hall–Kier alpha value is -2.28. The summed E-state index contributed by atoms with van der Waals surface area (Å²) in [5.41, 5.74) is 1.52. The fourth-order valence-corrected chi connectivity index (χ4v) is 4.19. The van der Waals surface area contributed by atoms with Crippen molar-refractivity contribution in [1.82, 2.24) is 15.4 Å². The van der Waals surface area contributed by atoms with Crippen LogP contribution in [0.2, 0.25) is 0 Å². The van der Waals surface area contributed by atoms with Gasteiger partial charge in [-0.05, 0) is 38.8 Å². The highest BCUT2D eigenvalue weighted by molar-refractivity contribution is 7.98. The molecule has 0 saturated carbocycles.